The predicted octanol–water partition coefficient (Wildman–Crippen LogP) is 1.00. The van der Waals surface area contributed by atoms with Crippen molar-refractivity contribution in [2.75, 3.05) is 38.5 Å². The number of aromatic nitrogens is 3. The van der Waals surface area contributed by atoms with Gasteiger partial charge in [0.25, 0.3) is 5.91 Å². The highest BCUT2D eigenvalue weighted by atomic mass is 16.2. The monoisotopic (exact) mass is 298 g/mol. The number of anilines is 2. The molecule has 0 aliphatic carbocycles. The highest BCUT2D eigenvalue weighted by molar-refractivity contribution is 5.94. The van der Waals surface area contributed by atoms with Crippen molar-refractivity contribution < 1.29 is 4.79 Å². The summed E-state index contributed by atoms with van der Waals surface area (Å²) in [6.45, 7) is 3.40. The highest BCUT2D eigenvalue weighted by Gasteiger charge is 2.20. The molecule has 0 radical (unpaired) electrons. The Balaban J connectivity index is 1.65. The van der Waals surface area contributed by atoms with E-state index in [1.165, 1.54) is 12.7 Å². The lowest BCUT2D eigenvalue weighted by Gasteiger charge is -2.32. The number of carbonyl (C=O) groups excluding carboxylic acids is 1. The molecule has 7 heteroatoms. The van der Waals surface area contributed by atoms with Crippen LogP contribution in [0.1, 0.15) is 10.4 Å². The summed E-state index contributed by atoms with van der Waals surface area (Å²) in [4.78, 5) is 28.3. The van der Waals surface area contributed by atoms with Gasteiger partial charge in [0.15, 0.2) is 0 Å². The second-order valence-corrected chi connectivity index (χ2v) is 5.26. The van der Waals surface area contributed by atoms with Gasteiger partial charge >= 0.3 is 0 Å². The van der Waals surface area contributed by atoms with E-state index in [1.807, 2.05) is 29.2 Å². The highest BCUT2D eigenvalue weighted by Crippen LogP contribution is 2.15. The van der Waals surface area contributed by atoms with Crippen LogP contribution >= 0.6 is 0 Å². The minimum absolute atomic E-state index is 0.0832. The molecule has 22 heavy (non-hydrogen) atoms. The van der Waals surface area contributed by atoms with Gasteiger partial charge in [0.2, 0.25) is 5.95 Å². The summed E-state index contributed by atoms with van der Waals surface area (Å²) >= 11 is 0. The van der Waals surface area contributed by atoms with Crippen LogP contribution in [0.3, 0.4) is 0 Å². The Kier molecular flexibility index (Phi) is 4.24. The van der Waals surface area contributed by atoms with Crippen LogP contribution in [0.5, 0.6) is 0 Å². The van der Waals surface area contributed by atoms with Gasteiger partial charge in [-0.25, -0.2) is 15.0 Å². The minimum atomic E-state index is 0.0832. The van der Waals surface area contributed by atoms with Crippen molar-refractivity contribution in [2.45, 2.75) is 0 Å². The van der Waals surface area contributed by atoms with E-state index in [2.05, 4.69) is 32.2 Å². The van der Waals surface area contributed by atoms with Gasteiger partial charge < -0.3 is 15.1 Å². The number of hydrogen-bond donors (Lipinski definition) is 1. The Labute approximate surface area is 129 Å². The van der Waals surface area contributed by atoms with E-state index in [4.69, 9.17) is 0 Å². The normalized spacial score (nSPS) is 15.6. The van der Waals surface area contributed by atoms with Gasteiger partial charge in [-0.1, -0.05) is 0 Å². The number of hydrogen-bond acceptors (Lipinski definition) is 6. The molecule has 1 fully saturated rings. The van der Waals surface area contributed by atoms with Crippen molar-refractivity contribution in [2.24, 2.45) is 0 Å². The molecule has 1 aliphatic heterocycles. The molecule has 0 unspecified atom stereocenters. The van der Waals surface area contributed by atoms with E-state index in [0.717, 1.165) is 31.9 Å². The zero-order valence-corrected chi connectivity index (χ0v) is 12.4. The first-order chi connectivity index (χ1) is 10.7. The van der Waals surface area contributed by atoms with Gasteiger partial charge in [-0.05, 0) is 31.3 Å². The molecule has 7 nitrogen and oxygen atoms in total. The Morgan fingerprint density at radius 1 is 1.05 bits per heavy atom. The summed E-state index contributed by atoms with van der Waals surface area (Å²) in [7, 11) is 2.07. The van der Waals surface area contributed by atoms with Gasteiger partial charge in [-0.3, -0.25) is 4.79 Å². The van der Waals surface area contributed by atoms with Gasteiger partial charge in [-0.2, -0.15) is 0 Å². The van der Waals surface area contributed by atoms with Crippen LogP contribution in [-0.2, 0) is 0 Å². The molecule has 1 aliphatic rings. The first kappa shape index (κ1) is 14.4. The molecule has 0 bridgehead atoms. The Bertz CT molecular complexity index is 622. The first-order valence-electron chi connectivity index (χ1n) is 7.19. The number of rotatable bonds is 3. The Morgan fingerprint density at radius 2 is 1.68 bits per heavy atom. The lowest BCUT2D eigenvalue weighted by Crippen LogP contribution is -2.47. The second kappa shape index (κ2) is 6.48. The number of amides is 1. The third-order valence-electron chi connectivity index (χ3n) is 3.67. The fourth-order valence-electron chi connectivity index (χ4n) is 2.32. The first-order valence-corrected chi connectivity index (χ1v) is 7.19. The summed E-state index contributed by atoms with van der Waals surface area (Å²) in [5.41, 5.74) is 1.53. The smallest absolute Gasteiger partial charge is 0.253 e. The lowest BCUT2D eigenvalue weighted by atomic mass is 10.1. The van der Waals surface area contributed by atoms with E-state index in [-0.39, 0.29) is 5.91 Å². The molecule has 0 spiro atoms. The van der Waals surface area contributed by atoms with Crippen LogP contribution in [0.25, 0.3) is 0 Å². The zero-order chi connectivity index (χ0) is 15.4. The van der Waals surface area contributed by atoms with Crippen molar-refractivity contribution in [3.05, 3.63) is 42.5 Å². The Morgan fingerprint density at radius 3 is 2.32 bits per heavy atom. The molecule has 1 saturated heterocycles. The summed E-state index contributed by atoms with van der Waals surface area (Å²) in [6.07, 6.45) is 2.86. The predicted molar refractivity (Wildman–Crippen MR) is 83.0 cm³/mol. The quantitative estimate of drug-likeness (QED) is 0.911. The van der Waals surface area contributed by atoms with Crippen molar-refractivity contribution >= 4 is 17.5 Å². The molecular weight excluding hydrogens is 280 g/mol. The summed E-state index contributed by atoms with van der Waals surface area (Å²) < 4.78 is 0. The molecule has 2 heterocycles. The van der Waals surface area contributed by atoms with E-state index in [1.54, 1.807) is 0 Å². The van der Waals surface area contributed by atoms with Crippen molar-refractivity contribution in [1.29, 1.82) is 0 Å². The van der Waals surface area contributed by atoms with Crippen molar-refractivity contribution in [3.63, 3.8) is 0 Å². The number of benzene rings is 1. The largest absolute Gasteiger partial charge is 0.336 e. The summed E-state index contributed by atoms with van der Waals surface area (Å²) in [5, 5.41) is 3.06. The van der Waals surface area contributed by atoms with Crippen LogP contribution in [0.2, 0.25) is 0 Å². The fraction of sp³-hybridized carbons (Fsp3) is 0.333. The topological polar surface area (TPSA) is 74.2 Å². The number of piperazine rings is 1. The van der Waals surface area contributed by atoms with Gasteiger partial charge in [0.05, 0.1) is 0 Å². The van der Waals surface area contributed by atoms with Crippen molar-refractivity contribution in [3.8, 4) is 0 Å². The average Bonchev–Trinajstić information content (AvgIpc) is 2.57. The Hall–Kier alpha value is -2.54. The minimum Gasteiger partial charge on any atom is -0.336 e. The molecule has 1 N–H and O–H groups in total. The van der Waals surface area contributed by atoms with Crippen molar-refractivity contribution in [1.82, 2.24) is 24.8 Å². The van der Waals surface area contributed by atoms with Gasteiger partial charge in [0, 0.05) is 37.4 Å². The number of nitrogens with one attached hydrogen (secondary N) is 1. The van der Waals surface area contributed by atoms with E-state index >= 15 is 0 Å². The van der Waals surface area contributed by atoms with Crippen LogP contribution in [0.4, 0.5) is 11.6 Å². The maximum atomic E-state index is 12.4. The van der Waals surface area contributed by atoms with E-state index < -0.39 is 0 Å². The maximum Gasteiger partial charge on any atom is 0.253 e. The third-order valence-corrected chi connectivity index (χ3v) is 3.67. The lowest BCUT2D eigenvalue weighted by molar-refractivity contribution is 0.0664. The standard InChI is InChI=1S/C15H18N6O/c1-20-6-8-21(9-7-20)14(22)12-2-4-13(5-3-12)19-15-17-10-16-11-18-15/h2-5,10-11H,6-9H2,1H3,(H,16,17,18,19). The SMILES string of the molecule is CN1CCN(C(=O)c2ccc(Nc3ncncn3)cc2)CC1. The summed E-state index contributed by atoms with van der Waals surface area (Å²) in [6, 6.07) is 7.36. The molecule has 3 rings (SSSR count). The molecule has 1 aromatic heterocycles. The molecule has 114 valence electrons. The maximum absolute atomic E-state index is 12.4. The van der Waals surface area contributed by atoms with Crippen LogP contribution in [0.15, 0.2) is 36.9 Å². The number of nitrogens with zero attached hydrogens (tertiary/aromatic N) is 5. The molecule has 0 atom stereocenters. The molecule has 2 aromatic rings. The van der Waals surface area contributed by atoms with Crippen LogP contribution < -0.4 is 5.32 Å². The molecule has 1 aromatic carbocycles. The van der Waals surface area contributed by atoms with Gasteiger partial charge in [-0.15, -0.1) is 0 Å². The third kappa shape index (κ3) is 3.37. The molecular formula is C15H18N6O. The second-order valence-electron chi connectivity index (χ2n) is 5.26. The van der Waals surface area contributed by atoms with Gasteiger partial charge in [0.1, 0.15) is 12.7 Å². The van der Waals surface area contributed by atoms with Crippen LogP contribution in [-0.4, -0.2) is 63.9 Å². The van der Waals surface area contributed by atoms with E-state index in [9.17, 15) is 4.79 Å². The zero-order valence-electron chi connectivity index (χ0n) is 12.4. The number of likely N-dealkylation sites (N-methyl/N-ethyl adjacent to an activating group) is 1. The van der Waals surface area contributed by atoms with Crippen LogP contribution in [0, 0.1) is 0 Å². The molecule has 1 amide bonds. The molecule has 0 saturated carbocycles. The van der Waals surface area contributed by atoms with E-state index in [0.29, 0.717) is 11.5 Å². The summed E-state index contributed by atoms with van der Waals surface area (Å²) in [5.74, 6) is 0.563. The number of carbonyl (C=O) groups is 1. The average molecular weight is 298 g/mol. The fourth-order valence-corrected chi connectivity index (χ4v) is 2.32.